The average Bonchev–Trinajstić information content (AvgIpc) is 3.53. The van der Waals surface area contributed by atoms with Crippen molar-refractivity contribution in [1.29, 1.82) is 0 Å². The number of ether oxygens (including phenoxy) is 1. The summed E-state index contributed by atoms with van der Waals surface area (Å²) in [5.74, 6) is 1.73. The predicted molar refractivity (Wildman–Crippen MR) is 124 cm³/mol. The van der Waals surface area contributed by atoms with Crippen molar-refractivity contribution in [3.63, 3.8) is 0 Å². The molecule has 1 aromatic heterocycles. The molecule has 1 fully saturated rings. The predicted octanol–water partition coefficient (Wildman–Crippen LogP) is 5.02. The van der Waals surface area contributed by atoms with Gasteiger partial charge in [-0.15, -0.1) is 0 Å². The first-order valence-corrected chi connectivity index (χ1v) is 10.8. The summed E-state index contributed by atoms with van der Waals surface area (Å²) >= 11 is 0. The molecule has 1 heterocycles. The fourth-order valence-electron chi connectivity index (χ4n) is 3.42. The second-order valence-electron chi connectivity index (χ2n) is 8.44. The van der Waals surface area contributed by atoms with Crippen molar-refractivity contribution >= 4 is 17.5 Å². The summed E-state index contributed by atoms with van der Waals surface area (Å²) in [5, 5.41) is 5.78. The first-order chi connectivity index (χ1) is 15.4. The molecule has 2 aromatic carbocycles. The van der Waals surface area contributed by atoms with Crippen LogP contribution in [0.1, 0.15) is 40.4 Å². The quantitative estimate of drug-likeness (QED) is 0.553. The maximum Gasteiger partial charge on any atom is 0.251 e. The van der Waals surface area contributed by atoms with Crippen LogP contribution in [-0.2, 0) is 11.3 Å². The number of carbonyl (C=O) groups is 2. The number of nitrogens with one attached hydrogen (secondary N) is 2. The molecule has 3 aromatic rings. The molecule has 32 heavy (non-hydrogen) atoms. The largest absolute Gasteiger partial charge is 0.439 e. The van der Waals surface area contributed by atoms with E-state index in [1.54, 1.807) is 36.5 Å². The molecule has 0 aliphatic heterocycles. The zero-order valence-electron chi connectivity index (χ0n) is 18.5. The number of hydrogen-bond donors (Lipinski definition) is 2. The topological polar surface area (TPSA) is 80.3 Å². The Labute approximate surface area is 188 Å². The summed E-state index contributed by atoms with van der Waals surface area (Å²) < 4.78 is 5.87. The van der Waals surface area contributed by atoms with Crippen molar-refractivity contribution < 1.29 is 14.3 Å². The maximum absolute atomic E-state index is 12.4. The number of anilines is 1. The number of aromatic nitrogens is 1. The minimum absolute atomic E-state index is 0.0483. The Morgan fingerprint density at radius 1 is 1.06 bits per heavy atom. The van der Waals surface area contributed by atoms with E-state index in [9.17, 15) is 9.59 Å². The van der Waals surface area contributed by atoms with Crippen LogP contribution < -0.4 is 15.4 Å². The molecule has 2 unspecified atom stereocenters. The van der Waals surface area contributed by atoms with Gasteiger partial charge < -0.3 is 15.4 Å². The van der Waals surface area contributed by atoms with Crippen LogP contribution in [0, 0.1) is 25.7 Å². The molecular formula is C26H27N3O3. The normalized spacial score (nSPS) is 16.8. The molecule has 0 spiro atoms. The number of nitrogens with zero attached hydrogens (tertiary/aromatic N) is 1. The van der Waals surface area contributed by atoms with Crippen molar-refractivity contribution in [2.75, 3.05) is 5.32 Å². The van der Waals surface area contributed by atoms with Gasteiger partial charge in [0.15, 0.2) is 0 Å². The average molecular weight is 430 g/mol. The monoisotopic (exact) mass is 429 g/mol. The van der Waals surface area contributed by atoms with Crippen molar-refractivity contribution in [3.8, 4) is 11.6 Å². The second-order valence-corrected chi connectivity index (χ2v) is 8.44. The SMILES string of the molecule is Cc1ccc(C)c(Oc2ccc(CNC(=O)c3ccc(NC(=O)C4CC4C)cc3)cn2)c1. The van der Waals surface area contributed by atoms with E-state index in [0.29, 0.717) is 29.6 Å². The van der Waals surface area contributed by atoms with Crippen molar-refractivity contribution in [2.24, 2.45) is 11.8 Å². The van der Waals surface area contributed by atoms with Gasteiger partial charge in [-0.2, -0.15) is 0 Å². The molecule has 0 saturated heterocycles. The molecule has 1 aliphatic rings. The Kier molecular flexibility index (Phi) is 6.21. The fourth-order valence-corrected chi connectivity index (χ4v) is 3.42. The molecule has 2 amide bonds. The van der Waals surface area contributed by atoms with Gasteiger partial charge in [-0.25, -0.2) is 4.98 Å². The fraction of sp³-hybridized carbons (Fsp3) is 0.269. The van der Waals surface area contributed by atoms with Gasteiger partial charge in [0.25, 0.3) is 5.91 Å². The van der Waals surface area contributed by atoms with Gasteiger partial charge >= 0.3 is 0 Å². The lowest BCUT2D eigenvalue weighted by atomic mass is 10.1. The van der Waals surface area contributed by atoms with Crippen LogP contribution in [0.4, 0.5) is 5.69 Å². The van der Waals surface area contributed by atoms with E-state index in [-0.39, 0.29) is 17.7 Å². The molecule has 2 atom stereocenters. The minimum atomic E-state index is -0.186. The van der Waals surface area contributed by atoms with Crippen molar-refractivity contribution in [1.82, 2.24) is 10.3 Å². The molecule has 2 N–H and O–H groups in total. The molecule has 1 aliphatic carbocycles. The summed E-state index contributed by atoms with van der Waals surface area (Å²) in [7, 11) is 0. The third kappa shape index (κ3) is 5.32. The summed E-state index contributed by atoms with van der Waals surface area (Å²) in [4.78, 5) is 28.8. The Bertz CT molecular complexity index is 1120. The van der Waals surface area contributed by atoms with Crippen LogP contribution in [0.3, 0.4) is 0 Å². The van der Waals surface area contributed by atoms with Crippen LogP contribution in [0.5, 0.6) is 11.6 Å². The Morgan fingerprint density at radius 3 is 2.47 bits per heavy atom. The maximum atomic E-state index is 12.4. The number of benzene rings is 2. The van der Waals surface area contributed by atoms with Gasteiger partial charge in [-0.1, -0.05) is 25.1 Å². The van der Waals surface area contributed by atoms with Crippen LogP contribution in [-0.4, -0.2) is 16.8 Å². The Hall–Kier alpha value is -3.67. The molecule has 0 bridgehead atoms. The Morgan fingerprint density at radius 2 is 1.81 bits per heavy atom. The van der Waals surface area contributed by atoms with E-state index in [4.69, 9.17) is 4.74 Å². The number of rotatable bonds is 7. The first kappa shape index (κ1) is 21.6. The van der Waals surface area contributed by atoms with Crippen LogP contribution >= 0.6 is 0 Å². The van der Waals surface area contributed by atoms with E-state index >= 15 is 0 Å². The van der Waals surface area contributed by atoms with E-state index in [1.165, 1.54) is 0 Å². The zero-order chi connectivity index (χ0) is 22.7. The van der Waals surface area contributed by atoms with Crippen LogP contribution in [0.25, 0.3) is 0 Å². The van der Waals surface area contributed by atoms with Crippen LogP contribution in [0.15, 0.2) is 60.8 Å². The zero-order valence-corrected chi connectivity index (χ0v) is 18.5. The number of aryl methyl sites for hydroxylation is 2. The van der Waals surface area contributed by atoms with Gasteiger partial charge in [-0.05, 0) is 73.2 Å². The van der Waals surface area contributed by atoms with Gasteiger partial charge in [0.1, 0.15) is 5.75 Å². The lowest BCUT2D eigenvalue weighted by Gasteiger charge is -2.10. The van der Waals surface area contributed by atoms with E-state index < -0.39 is 0 Å². The van der Waals surface area contributed by atoms with E-state index in [2.05, 4.69) is 22.5 Å². The summed E-state index contributed by atoms with van der Waals surface area (Å²) in [5.41, 5.74) is 4.27. The third-order valence-corrected chi connectivity index (χ3v) is 5.67. The smallest absolute Gasteiger partial charge is 0.251 e. The summed E-state index contributed by atoms with van der Waals surface area (Å²) in [6.45, 7) is 6.43. The third-order valence-electron chi connectivity index (χ3n) is 5.67. The molecule has 4 rings (SSSR count). The lowest BCUT2D eigenvalue weighted by Crippen LogP contribution is -2.23. The Balaban J connectivity index is 1.29. The summed E-state index contributed by atoms with van der Waals surface area (Å²) in [6, 6.07) is 16.6. The minimum Gasteiger partial charge on any atom is -0.439 e. The molecule has 6 nitrogen and oxygen atoms in total. The molecule has 164 valence electrons. The highest BCUT2D eigenvalue weighted by Gasteiger charge is 2.39. The standard InChI is InChI=1S/C26H27N3O3/c1-16-4-5-17(2)23(12-16)32-24-11-6-19(14-27-24)15-28-25(30)20-7-9-21(10-8-20)29-26(31)22-13-18(22)3/h4-12,14,18,22H,13,15H2,1-3H3,(H,28,30)(H,29,31). The highest BCUT2D eigenvalue weighted by Crippen LogP contribution is 2.38. The highest BCUT2D eigenvalue weighted by molar-refractivity contribution is 5.96. The van der Waals surface area contributed by atoms with Gasteiger partial charge in [0.2, 0.25) is 11.8 Å². The second kappa shape index (κ2) is 9.22. The van der Waals surface area contributed by atoms with Crippen molar-refractivity contribution in [2.45, 2.75) is 33.7 Å². The molecule has 6 heteroatoms. The van der Waals surface area contributed by atoms with Crippen molar-refractivity contribution in [3.05, 3.63) is 83.0 Å². The van der Waals surface area contributed by atoms with Gasteiger partial charge in [-0.3, -0.25) is 9.59 Å². The lowest BCUT2D eigenvalue weighted by molar-refractivity contribution is -0.117. The number of carbonyl (C=O) groups excluding carboxylic acids is 2. The highest BCUT2D eigenvalue weighted by atomic mass is 16.5. The number of pyridine rings is 1. The molecular weight excluding hydrogens is 402 g/mol. The first-order valence-electron chi connectivity index (χ1n) is 10.8. The summed E-state index contributed by atoms with van der Waals surface area (Å²) in [6.07, 6.45) is 2.64. The molecule has 1 saturated carbocycles. The number of hydrogen-bond acceptors (Lipinski definition) is 4. The van der Waals surface area contributed by atoms with Gasteiger partial charge in [0, 0.05) is 36.0 Å². The molecule has 0 radical (unpaired) electrons. The van der Waals surface area contributed by atoms with Gasteiger partial charge in [0.05, 0.1) is 0 Å². The number of amides is 2. The van der Waals surface area contributed by atoms with Crippen LogP contribution in [0.2, 0.25) is 0 Å². The van der Waals surface area contributed by atoms with E-state index in [1.807, 2.05) is 38.1 Å². The van der Waals surface area contributed by atoms with E-state index in [0.717, 1.165) is 28.9 Å².